The van der Waals surface area contributed by atoms with Gasteiger partial charge in [0.25, 0.3) is 0 Å². The van der Waals surface area contributed by atoms with E-state index < -0.39 is 0 Å². The number of hydrogen-bond acceptors (Lipinski definition) is 1. The summed E-state index contributed by atoms with van der Waals surface area (Å²) in [5.41, 5.74) is 3.15. The van der Waals surface area contributed by atoms with Crippen LogP contribution in [0.5, 0.6) is 0 Å². The van der Waals surface area contributed by atoms with Gasteiger partial charge in [-0.15, -0.1) is 0 Å². The normalized spacial score (nSPS) is 21.9. The molecule has 0 amide bonds. The summed E-state index contributed by atoms with van der Waals surface area (Å²) < 4.78 is 0. The summed E-state index contributed by atoms with van der Waals surface area (Å²) >= 11 is 0. The minimum Gasteiger partial charge on any atom is -0.316 e. The topological polar surface area (TPSA) is 12.0 Å². The van der Waals surface area contributed by atoms with Gasteiger partial charge in [-0.05, 0) is 49.3 Å². The van der Waals surface area contributed by atoms with Crippen molar-refractivity contribution in [2.75, 3.05) is 7.05 Å². The molecule has 0 saturated heterocycles. The van der Waals surface area contributed by atoms with Crippen LogP contribution in [-0.4, -0.2) is 13.1 Å². The molecule has 16 heavy (non-hydrogen) atoms. The second-order valence-electron chi connectivity index (χ2n) is 5.26. The van der Waals surface area contributed by atoms with Gasteiger partial charge in [0, 0.05) is 6.04 Å². The molecule has 88 valence electrons. The Labute approximate surface area is 99.3 Å². The summed E-state index contributed by atoms with van der Waals surface area (Å²) in [7, 11) is 2.10. The fourth-order valence-corrected chi connectivity index (χ4v) is 3.16. The Bertz CT molecular complexity index is 343. The lowest BCUT2D eigenvalue weighted by molar-refractivity contribution is 0.334. The zero-order valence-corrected chi connectivity index (χ0v) is 10.7. The largest absolute Gasteiger partial charge is 0.316 e. The van der Waals surface area contributed by atoms with Gasteiger partial charge in [0.05, 0.1) is 0 Å². The minimum atomic E-state index is 0.612. The molecule has 0 spiro atoms. The van der Waals surface area contributed by atoms with Crippen LogP contribution in [0, 0.1) is 5.92 Å². The van der Waals surface area contributed by atoms with E-state index in [9.17, 15) is 0 Å². The molecule has 2 unspecified atom stereocenters. The first-order valence-corrected chi connectivity index (χ1v) is 6.49. The number of likely N-dealkylation sites (N-methyl/N-ethyl adjacent to an activating group) is 1. The predicted octanol–water partition coefficient (Wildman–Crippen LogP) is 3.35. The van der Waals surface area contributed by atoms with Crippen molar-refractivity contribution < 1.29 is 0 Å². The van der Waals surface area contributed by atoms with Gasteiger partial charge in [-0.2, -0.15) is 0 Å². The highest BCUT2D eigenvalue weighted by molar-refractivity contribution is 5.33. The molecule has 2 atom stereocenters. The molecule has 0 radical (unpaired) electrons. The van der Waals surface area contributed by atoms with Gasteiger partial charge in [0.2, 0.25) is 0 Å². The summed E-state index contributed by atoms with van der Waals surface area (Å²) in [5, 5.41) is 3.51. The van der Waals surface area contributed by atoms with Gasteiger partial charge in [0.1, 0.15) is 0 Å². The third-order valence-electron chi connectivity index (χ3n) is 3.90. The molecule has 0 aromatic heterocycles. The van der Waals surface area contributed by atoms with Gasteiger partial charge >= 0.3 is 0 Å². The molecule has 1 heteroatoms. The predicted molar refractivity (Wildman–Crippen MR) is 69.8 cm³/mol. The Morgan fingerprint density at radius 3 is 2.69 bits per heavy atom. The summed E-state index contributed by atoms with van der Waals surface area (Å²) in [6, 6.07) is 9.59. The van der Waals surface area contributed by atoms with Crippen LogP contribution in [0.3, 0.4) is 0 Å². The van der Waals surface area contributed by atoms with Crippen LogP contribution in [0.15, 0.2) is 24.3 Å². The number of aryl methyl sites for hydroxylation is 1. The summed E-state index contributed by atoms with van der Waals surface area (Å²) in [6.45, 7) is 4.64. The summed E-state index contributed by atoms with van der Waals surface area (Å²) in [5.74, 6) is 1.40. The average molecular weight is 217 g/mol. The standard InChI is InChI=1S/C15H23N/c1-11(2)15(16-3)14-10-6-8-12-7-4-5-9-13(12)14/h4-5,7,9,11,14-16H,6,8,10H2,1-3H3. The molecule has 0 fully saturated rings. The lowest BCUT2D eigenvalue weighted by Crippen LogP contribution is -2.38. The van der Waals surface area contributed by atoms with Crippen LogP contribution in [0.4, 0.5) is 0 Å². The quantitative estimate of drug-likeness (QED) is 0.818. The van der Waals surface area contributed by atoms with Crippen LogP contribution >= 0.6 is 0 Å². The van der Waals surface area contributed by atoms with E-state index in [1.54, 1.807) is 11.1 Å². The van der Waals surface area contributed by atoms with Gasteiger partial charge in [-0.3, -0.25) is 0 Å². The van der Waals surface area contributed by atoms with Crippen molar-refractivity contribution in [3.8, 4) is 0 Å². The van der Waals surface area contributed by atoms with Crippen molar-refractivity contribution in [2.45, 2.75) is 45.1 Å². The maximum Gasteiger partial charge on any atom is 0.0156 e. The molecule has 1 aliphatic carbocycles. The zero-order chi connectivity index (χ0) is 11.5. The van der Waals surface area contributed by atoms with Gasteiger partial charge < -0.3 is 5.32 Å². The summed E-state index contributed by atoms with van der Waals surface area (Å²) in [6.07, 6.45) is 3.94. The smallest absolute Gasteiger partial charge is 0.0156 e. The lowest BCUT2D eigenvalue weighted by atomic mass is 9.76. The van der Waals surface area contributed by atoms with Crippen molar-refractivity contribution in [3.63, 3.8) is 0 Å². The third-order valence-corrected chi connectivity index (χ3v) is 3.90. The maximum atomic E-state index is 3.51. The second kappa shape index (κ2) is 5.01. The first-order chi connectivity index (χ1) is 7.74. The van der Waals surface area contributed by atoms with Crippen LogP contribution in [0.25, 0.3) is 0 Å². The van der Waals surface area contributed by atoms with E-state index in [2.05, 4.69) is 50.5 Å². The molecule has 0 heterocycles. The number of benzene rings is 1. The van der Waals surface area contributed by atoms with Crippen LogP contribution < -0.4 is 5.32 Å². The average Bonchev–Trinajstić information content (AvgIpc) is 2.30. The Kier molecular flexibility index (Phi) is 3.65. The van der Waals surface area contributed by atoms with Gasteiger partial charge in [0.15, 0.2) is 0 Å². The third kappa shape index (κ3) is 2.15. The number of rotatable bonds is 3. The highest BCUT2D eigenvalue weighted by Gasteiger charge is 2.28. The fourth-order valence-electron chi connectivity index (χ4n) is 3.16. The molecule has 1 aromatic rings. The van der Waals surface area contributed by atoms with E-state index in [4.69, 9.17) is 0 Å². The molecule has 1 aromatic carbocycles. The number of nitrogens with one attached hydrogen (secondary N) is 1. The highest BCUT2D eigenvalue weighted by atomic mass is 14.9. The van der Waals surface area contributed by atoms with E-state index in [1.807, 2.05) is 0 Å². The molecule has 1 aliphatic rings. The molecule has 1 nitrogen and oxygen atoms in total. The minimum absolute atomic E-state index is 0.612. The molecule has 1 N–H and O–H groups in total. The van der Waals surface area contributed by atoms with Crippen LogP contribution in [0.1, 0.15) is 43.7 Å². The lowest BCUT2D eigenvalue weighted by Gasteiger charge is -2.34. The Hall–Kier alpha value is -0.820. The van der Waals surface area contributed by atoms with Crippen LogP contribution in [-0.2, 0) is 6.42 Å². The fraction of sp³-hybridized carbons (Fsp3) is 0.600. The van der Waals surface area contributed by atoms with E-state index >= 15 is 0 Å². The van der Waals surface area contributed by atoms with E-state index in [1.165, 1.54) is 19.3 Å². The molecular weight excluding hydrogens is 194 g/mol. The molecule has 0 aliphatic heterocycles. The maximum absolute atomic E-state index is 3.51. The van der Waals surface area contributed by atoms with Crippen LogP contribution in [0.2, 0.25) is 0 Å². The van der Waals surface area contributed by atoms with Crippen molar-refractivity contribution >= 4 is 0 Å². The first kappa shape index (κ1) is 11.7. The number of fused-ring (bicyclic) bond motifs is 1. The SMILES string of the molecule is CNC(C(C)C)C1CCCc2ccccc21. The van der Waals surface area contributed by atoms with Crippen molar-refractivity contribution in [2.24, 2.45) is 5.92 Å². The molecule has 0 bridgehead atoms. The first-order valence-electron chi connectivity index (χ1n) is 6.49. The Morgan fingerprint density at radius 1 is 1.25 bits per heavy atom. The van der Waals surface area contributed by atoms with Gasteiger partial charge in [-0.1, -0.05) is 38.1 Å². The molecule has 0 saturated carbocycles. The zero-order valence-electron chi connectivity index (χ0n) is 10.7. The monoisotopic (exact) mass is 217 g/mol. The van der Waals surface area contributed by atoms with E-state index in [0.29, 0.717) is 17.9 Å². The molecule has 2 rings (SSSR count). The molecular formula is C15H23N. The Balaban J connectivity index is 2.30. The number of hydrogen-bond donors (Lipinski definition) is 1. The van der Waals surface area contributed by atoms with E-state index in [0.717, 1.165) is 0 Å². The van der Waals surface area contributed by atoms with E-state index in [-0.39, 0.29) is 0 Å². The second-order valence-corrected chi connectivity index (χ2v) is 5.26. The van der Waals surface area contributed by atoms with Crippen molar-refractivity contribution in [1.29, 1.82) is 0 Å². The summed E-state index contributed by atoms with van der Waals surface area (Å²) in [4.78, 5) is 0. The van der Waals surface area contributed by atoms with Crippen molar-refractivity contribution in [1.82, 2.24) is 5.32 Å². The Morgan fingerprint density at radius 2 is 2.00 bits per heavy atom. The van der Waals surface area contributed by atoms with Crippen molar-refractivity contribution in [3.05, 3.63) is 35.4 Å². The highest BCUT2D eigenvalue weighted by Crippen LogP contribution is 2.35. The van der Waals surface area contributed by atoms with Gasteiger partial charge in [-0.25, -0.2) is 0 Å².